The maximum Gasteiger partial charge on any atom is 0.312 e. The molecule has 19 heavy (non-hydrogen) atoms. The van der Waals surface area contributed by atoms with E-state index in [4.69, 9.17) is 0 Å². The minimum absolute atomic E-state index is 0.220. The van der Waals surface area contributed by atoms with Crippen molar-refractivity contribution in [1.29, 1.82) is 0 Å². The number of piperidine rings is 2. The normalized spacial score (nSPS) is 22.3. The van der Waals surface area contributed by atoms with Crippen molar-refractivity contribution in [2.45, 2.75) is 38.1 Å². The van der Waals surface area contributed by atoms with Crippen LogP contribution in [0, 0.1) is 0 Å². The summed E-state index contributed by atoms with van der Waals surface area (Å²) in [7, 11) is 3.87. The quantitative estimate of drug-likeness (QED) is 0.652. The van der Waals surface area contributed by atoms with Crippen molar-refractivity contribution < 1.29 is 9.59 Å². The van der Waals surface area contributed by atoms with Crippen LogP contribution in [-0.4, -0.2) is 72.8 Å². The summed E-state index contributed by atoms with van der Waals surface area (Å²) in [4.78, 5) is 30.1. The zero-order chi connectivity index (χ0) is 13.8. The first-order chi connectivity index (χ1) is 9.09. The Morgan fingerprint density at radius 3 is 2.16 bits per heavy atom. The van der Waals surface area contributed by atoms with E-state index in [9.17, 15) is 9.59 Å². The van der Waals surface area contributed by atoms with Gasteiger partial charge >= 0.3 is 11.8 Å². The Morgan fingerprint density at radius 1 is 1.00 bits per heavy atom. The third-order valence-electron chi connectivity index (χ3n) is 4.38. The van der Waals surface area contributed by atoms with Gasteiger partial charge in [0.05, 0.1) is 0 Å². The zero-order valence-electron chi connectivity index (χ0n) is 12.1. The average Bonchev–Trinajstić information content (AvgIpc) is 2.46. The highest BCUT2D eigenvalue weighted by Gasteiger charge is 2.31. The molecule has 0 N–H and O–H groups in total. The van der Waals surface area contributed by atoms with E-state index >= 15 is 0 Å². The molecule has 5 nitrogen and oxygen atoms in total. The summed E-state index contributed by atoms with van der Waals surface area (Å²) in [5.74, 6) is -0.627. The van der Waals surface area contributed by atoms with Gasteiger partial charge in [-0.25, -0.2) is 0 Å². The number of rotatable bonds is 1. The molecule has 0 spiro atoms. The fraction of sp³-hybridized carbons (Fsp3) is 0.857. The standard InChI is InChI=1S/C14H25N3O2/c1-15-10-6-12(7-11-15)16(2)13(18)14(19)17-8-4-3-5-9-17/h12H,3-11H2,1-2H3. The smallest absolute Gasteiger partial charge is 0.312 e. The molecule has 108 valence electrons. The molecule has 0 aromatic carbocycles. The van der Waals surface area contributed by atoms with E-state index in [1.807, 2.05) is 0 Å². The highest BCUT2D eigenvalue weighted by molar-refractivity contribution is 6.34. The van der Waals surface area contributed by atoms with E-state index < -0.39 is 0 Å². The Kier molecular flexibility index (Phi) is 4.80. The van der Waals surface area contributed by atoms with E-state index in [0.717, 1.165) is 51.9 Å². The van der Waals surface area contributed by atoms with Gasteiger partial charge in [-0.1, -0.05) is 0 Å². The predicted molar refractivity (Wildman–Crippen MR) is 73.7 cm³/mol. The van der Waals surface area contributed by atoms with Gasteiger partial charge in [-0.2, -0.15) is 0 Å². The molecule has 2 heterocycles. The van der Waals surface area contributed by atoms with Crippen molar-refractivity contribution in [2.75, 3.05) is 40.3 Å². The van der Waals surface area contributed by atoms with Gasteiger partial charge < -0.3 is 14.7 Å². The van der Waals surface area contributed by atoms with Crippen LogP contribution in [0.2, 0.25) is 0 Å². The number of carbonyl (C=O) groups is 2. The first-order valence-electron chi connectivity index (χ1n) is 7.34. The van der Waals surface area contributed by atoms with Gasteiger partial charge in [0.1, 0.15) is 0 Å². The Hall–Kier alpha value is -1.10. The highest BCUT2D eigenvalue weighted by Crippen LogP contribution is 2.16. The van der Waals surface area contributed by atoms with Crippen LogP contribution < -0.4 is 0 Å². The maximum absolute atomic E-state index is 12.2. The second-order valence-corrected chi connectivity index (χ2v) is 5.80. The summed E-state index contributed by atoms with van der Waals surface area (Å²) < 4.78 is 0. The van der Waals surface area contributed by atoms with Crippen molar-refractivity contribution in [1.82, 2.24) is 14.7 Å². The number of hydrogen-bond donors (Lipinski definition) is 0. The minimum atomic E-state index is -0.323. The third-order valence-corrected chi connectivity index (χ3v) is 4.38. The van der Waals surface area contributed by atoms with Crippen molar-refractivity contribution in [3.63, 3.8) is 0 Å². The lowest BCUT2D eigenvalue weighted by Crippen LogP contribution is -2.51. The maximum atomic E-state index is 12.2. The van der Waals surface area contributed by atoms with Gasteiger partial charge in [0.2, 0.25) is 0 Å². The minimum Gasteiger partial charge on any atom is -0.334 e. The summed E-state index contributed by atoms with van der Waals surface area (Å²) in [5, 5.41) is 0. The van der Waals surface area contributed by atoms with Crippen molar-refractivity contribution >= 4 is 11.8 Å². The third kappa shape index (κ3) is 3.47. The molecule has 2 fully saturated rings. The van der Waals surface area contributed by atoms with Crippen LogP contribution in [0.1, 0.15) is 32.1 Å². The highest BCUT2D eigenvalue weighted by atomic mass is 16.2. The predicted octanol–water partition coefficient (Wildman–Crippen LogP) is 0.552. The molecule has 2 saturated heterocycles. The number of nitrogens with zero attached hydrogens (tertiary/aromatic N) is 3. The second kappa shape index (κ2) is 6.37. The molecule has 0 atom stereocenters. The SMILES string of the molecule is CN1CCC(N(C)C(=O)C(=O)N2CCCCC2)CC1. The Balaban J connectivity index is 1.88. The topological polar surface area (TPSA) is 43.9 Å². The van der Waals surface area contributed by atoms with E-state index in [1.54, 1.807) is 16.8 Å². The molecule has 0 aromatic heterocycles. The van der Waals surface area contributed by atoms with Crippen molar-refractivity contribution in [2.24, 2.45) is 0 Å². The first kappa shape index (κ1) is 14.3. The van der Waals surface area contributed by atoms with E-state index in [0.29, 0.717) is 0 Å². The van der Waals surface area contributed by atoms with Crippen LogP contribution >= 0.6 is 0 Å². The zero-order valence-corrected chi connectivity index (χ0v) is 12.1. The lowest BCUT2D eigenvalue weighted by molar-refractivity contribution is -0.153. The van der Waals surface area contributed by atoms with Gasteiger partial charge in [-0.05, 0) is 52.2 Å². The largest absolute Gasteiger partial charge is 0.334 e. The molecular weight excluding hydrogens is 242 g/mol. The van der Waals surface area contributed by atoms with Crippen LogP contribution in [0.15, 0.2) is 0 Å². The Labute approximate surface area is 115 Å². The van der Waals surface area contributed by atoms with Crippen LogP contribution in [-0.2, 0) is 9.59 Å². The summed E-state index contributed by atoms with van der Waals surface area (Å²) >= 11 is 0. The number of likely N-dealkylation sites (tertiary alicyclic amines) is 2. The molecule has 2 rings (SSSR count). The van der Waals surface area contributed by atoms with E-state index in [1.165, 1.54) is 6.42 Å². The molecule has 0 aromatic rings. The molecule has 0 saturated carbocycles. The summed E-state index contributed by atoms with van der Waals surface area (Å²) in [6.45, 7) is 3.48. The van der Waals surface area contributed by atoms with Gasteiger partial charge in [-0.15, -0.1) is 0 Å². The van der Waals surface area contributed by atoms with Gasteiger partial charge in [0.25, 0.3) is 0 Å². The van der Waals surface area contributed by atoms with Crippen LogP contribution in [0.4, 0.5) is 0 Å². The van der Waals surface area contributed by atoms with Crippen LogP contribution in [0.25, 0.3) is 0 Å². The van der Waals surface area contributed by atoms with E-state index in [2.05, 4.69) is 11.9 Å². The second-order valence-electron chi connectivity index (χ2n) is 5.80. The van der Waals surface area contributed by atoms with Crippen molar-refractivity contribution in [3.8, 4) is 0 Å². The van der Waals surface area contributed by atoms with Crippen molar-refractivity contribution in [3.05, 3.63) is 0 Å². The monoisotopic (exact) mass is 267 g/mol. The molecule has 0 aliphatic carbocycles. The number of hydrogen-bond acceptors (Lipinski definition) is 3. The first-order valence-corrected chi connectivity index (χ1v) is 7.34. The Morgan fingerprint density at radius 2 is 1.58 bits per heavy atom. The lowest BCUT2D eigenvalue weighted by atomic mass is 10.0. The number of amides is 2. The molecule has 0 radical (unpaired) electrons. The van der Waals surface area contributed by atoms with Crippen LogP contribution in [0.5, 0.6) is 0 Å². The van der Waals surface area contributed by atoms with Gasteiger partial charge in [0.15, 0.2) is 0 Å². The molecular formula is C14H25N3O2. The van der Waals surface area contributed by atoms with E-state index in [-0.39, 0.29) is 17.9 Å². The summed E-state index contributed by atoms with van der Waals surface area (Å²) in [6, 6.07) is 0.220. The molecule has 2 aliphatic rings. The fourth-order valence-electron chi connectivity index (χ4n) is 2.93. The average molecular weight is 267 g/mol. The van der Waals surface area contributed by atoms with Gasteiger partial charge in [-0.3, -0.25) is 9.59 Å². The molecule has 0 bridgehead atoms. The lowest BCUT2D eigenvalue weighted by Gasteiger charge is -2.36. The van der Waals surface area contributed by atoms with Crippen LogP contribution in [0.3, 0.4) is 0 Å². The summed E-state index contributed by atoms with van der Waals surface area (Å²) in [5.41, 5.74) is 0. The molecule has 5 heteroatoms. The molecule has 0 unspecified atom stereocenters. The van der Waals surface area contributed by atoms with Gasteiger partial charge in [0, 0.05) is 26.2 Å². The fourth-order valence-corrected chi connectivity index (χ4v) is 2.93. The molecule has 2 aliphatic heterocycles. The summed E-state index contributed by atoms with van der Waals surface area (Å²) in [6.07, 6.45) is 5.15. The Bertz CT molecular complexity index is 332. The number of carbonyl (C=O) groups excluding carboxylic acids is 2. The number of likely N-dealkylation sites (N-methyl/N-ethyl adjacent to an activating group) is 1. The molecule has 2 amide bonds.